The SMILES string of the molecule is CN=C(NCCN1CCCCC1)NCc1ccc(Oc2ccc(OC)cc2)nc1.I. The molecule has 0 spiro atoms. The number of rotatable bonds is 8. The molecular weight excluding hydrogens is 493 g/mol. The van der Waals surface area contributed by atoms with Gasteiger partial charge in [-0.25, -0.2) is 4.98 Å². The number of aromatic nitrogens is 1. The van der Waals surface area contributed by atoms with Crippen molar-refractivity contribution in [3.05, 3.63) is 48.2 Å². The molecule has 7 nitrogen and oxygen atoms in total. The quantitative estimate of drug-likeness (QED) is 0.312. The summed E-state index contributed by atoms with van der Waals surface area (Å²) in [7, 11) is 3.43. The molecule has 0 saturated carbocycles. The summed E-state index contributed by atoms with van der Waals surface area (Å²) in [6, 6.07) is 11.3. The van der Waals surface area contributed by atoms with Gasteiger partial charge in [-0.2, -0.15) is 0 Å². The summed E-state index contributed by atoms with van der Waals surface area (Å²) >= 11 is 0. The van der Waals surface area contributed by atoms with Crippen molar-refractivity contribution in [2.24, 2.45) is 4.99 Å². The van der Waals surface area contributed by atoms with Crippen LogP contribution in [0.25, 0.3) is 0 Å². The molecule has 30 heavy (non-hydrogen) atoms. The average Bonchev–Trinajstić information content (AvgIpc) is 2.78. The predicted octanol–water partition coefficient (Wildman–Crippen LogP) is 3.65. The second kappa shape index (κ2) is 13.3. The number of methoxy groups -OCH3 is 1. The van der Waals surface area contributed by atoms with Crippen LogP contribution >= 0.6 is 24.0 Å². The molecule has 8 heteroatoms. The number of nitrogens with one attached hydrogen (secondary N) is 2. The topological polar surface area (TPSA) is 71.0 Å². The van der Waals surface area contributed by atoms with Crippen LogP contribution in [0.15, 0.2) is 47.6 Å². The van der Waals surface area contributed by atoms with Crippen molar-refractivity contribution >= 4 is 29.9 Å². The molecule has 2 aromatic rings. The summed E-state index contributed by atoms with van der Waals surface area (Å²) < 4.78 is 10.9. The molecule has 2 N–H and O–H groups in total. The largest absolute Gasteiger partial charge is 0.497 e. The Kier molecular flexibility index (Phi) is 10.7. The van der Waals surface area contributed by atoms with Gasteiger partial charge in [0.1, 0.15) is 11.5 Å². The Morgan fingerprint density at radius 2 is 1.77 bits per heavy atom. The van der Waals surface area contributed by atoms with Crippen LogP contribution < -0.4 is 20.1 Å². The molecule has 0 unspecified atom stereocenters. The summed E-state index contributed by atoms with van der Waals surface area (Å²) in [5, 5.41) is 6.71. The Labute approximate surface area is 196 Å². The number of pyridine rings is 1. The average molecular weight is 525 g/mol. The Morgan fingerprint density at radius 3 is 2.40 bits per heavy atom. The van der Waals surface area contributed by atoms with E-state index in [1.807, 2.05) is 42.6 Å². The van der Waals surface area contributed by atoms with Gasteiger partial charge in [0, 0.05) is 38.9 Å². The van der Waals surface area contributed by atoms with Gasteiger partial charge in [0.2, 0.25) is 5.88 Å². The standard InChI is InChI=1S/C22H31N5O2.HI/c1-23-22(24-12-15-27-13-4-3-5-14-27)26-17-18-6-11-21(25-16-18)29-20-9-7-19(28-2)8-10-20;/h6-11,16H,3-5,12-15,17H2,1-2H3,(H2,23,24,26);1H. The zero-order chi connectivity index (χ0) is 20.3. The number of aliphatic imine (C=N–C) groups is 1. The van der Waals surface area contributed by atoms with Gasteiger partial charge in [0.05, 0.1) is 7.11 Å². The number of benzene rings is 1. The summed E-state index contributed by atoms with van der Waals surface area (Å²) in [6.07, 6.45) is 5.81. The van der Waals surface area contributed by atoms with Crippen LogP contribution in [0.2, 0.25) is 0 Å². The lowest BCUT2D eigenvalue weighted by Gasteiger charge is -2.26. The molecule has 1 aromatic carbocycles. The number of hydrogen-bond donors (Lipinski definition) is 2. The Morgan fingerprint density at radius 1 is 1.03 bits per heavy atom. The van der Waals surface area contributed by atoms with Gasteiger partial charge in [-0.05, 0) is 55.8 Å². The third-order valence-corrected chi connectivity index (χ3v) is 4.93. The first-order valence-electron chi connectivity index (χ1n) is 10.2. The highest BCUT2D eigenvalue weighted by molar-refractivity contribution is 14.0. The van der Waals surface area contributed by atoms with Gasteiger partial charge in [0.15, 0.2) is 5.96 Å². The van der Waals surface area contributed by atoms with Crippen molar-refractivity contribution in [1.82, 2.24) is 20.5 Å². The third-order valence-electron chi connectivity index (χ3n) is 4.93. The number of guanidine groups is 1. The van der Waals surface area contributed by atoms with Gasteiger partial charge in [0.25, 0.3) is 0 Å². The summed E-state index contributed by atoms with van der Waals surface area (Å²) in [4.78, 5) is 11.2. The molecule has 2 heterocycles. The van der Waals surface area contributed by atoms with Gasteiger partial charge in [-0.3, -0.25) is 4.99 Å². The second-order valence-corrected chi connectivity index (χ2v) is 7.04. The first-order valence-corrected chi connectivity index (χ1v) is 10.2. The summed E-state index contributed by atoms with van der Waals surface area (Å²) in [5.74, 6) is 2.88. The molecule has 164 valence electrons. The fourth-order valence-corrected chi connectivity index (χ4v) is 3.26. The van der Waals surface area contributed by atoms with Crippen molar-refractivity contribution < 1.29 is 9.47 Å². The maximum Gasteiger partial charge on any atom is 0.219 e. The molecule has 1 fully saturated rings. The lowest BCUT2D eigenvalue weighted by atomic mass is 10.1. The minimum atomic E-state index is 0. The number of likely N-dealkylation sites (tertiary alicyclic amines) is 1. The molecule has 0 atom stereocenters. The maximum atomic E-state index is 5.76. The van der Waals surface area contributed by atoms with E-state index >= 15 is 0 Å². The molecule has 1 aromatic heterocycles. The van der Waals surface area contributed by atoms with Gasteiger partial charge < -0.3 is 25.0 Å². The normalized spacial score (nSPS) is 14.5. The molecule has 0 radical (unpaired) electrons. The van der Waals surface area contributed by atoms with Crippen molar-refractivity contribution in [2.45, 2.75) is 25.8 Å². The highest BCUT2D eigenvalue weighted by Gasteiger charge is 2.09. The molecule has 1 saturated heterocycles. The minimum Gasteiger partial charge on any atom is -0.497 e. The van der Waals surface area contributed by atoms with Gasteiger partial charge >= 0.3 is 0 Å². The van der Waals surface area contributed by atoms with Crippen LogP contribution in [-0.4, -0.2) is 56.2 Å². The first kappa shape index (κ1) is 24.2. The zero-order valence-corrected chi connectivity index (χ0v) is 20.1. The number of hydrogen-bond acceptors (Lipinski definition) is 5. The summed E-state index contributed by atoms with van der Waals surface area (Å²) in [5.41, 5.74) is 1.06. The van der Waals surface area contributed by atoms with Crippen molar-refractivity contribution in [3.63, 3.8) is 0 Å². The molecule has 0 bridgehead atoms. The van der Waals surface area contributed by atoms with Crippen molar-refractivity contribution in [1.29, 1.82) is 0 Å². The molecule has 3 rings (SSSR count). The van der Waals surface area contributed by atoms with E-state index in [1.165, 1.54) is 32.4 Å². The van der Waals surface area contributed by atoms with Crippen LogP contribution in [0.4, 0.5) is 0 Å². The maximum absolute atomic E-state index is 5.76. The van der Waals surface area contributed by atoms with Gasteiger partial charge in [-0.1, -0.05) is 12.5 Å². The molecule has 0 aliphatic carbocycles. The first-order chi connectivity index (χ1) is 14.3. The van der Waals surface area contributed by atoms with E-state index in [-0.39, 0.29) is 24.0 Å². The summed E-state index contributed by atoms with van der Waals surface area (Å²) in [6.45, 7) is 5.03. The number of ether oxygens (including phenoxy) is 2. The number of halogens is 1. The lowest BCUT2D eigenvalue weighted by molar-refractivity contribution is 0.232. The fraction of sp³-hybridized carbons (Fsp3) is 0.455. The molecule has 1 aliphatic rings. The Hall–Kier alpha value is -2.07. The third kappa shape index (κ3) is 7.98. The van der Waals surface area contributed by atoms with Crippen LogP contribution in [0, 0.1) is 0 Å². The smallest absolute Gasteiger partial charge is 0.219 e. The van der Waals surface area contributed by atoms with Crippen molar-refractivity contribution in [2.75, 3.05) is 40.3 Å². The van der Waals surface area contributed by atoms with Gasteiger partial charge in [-0.15, -0.1) is 24.0 Å². The highest BCUT2D eigenvalue weighted by Crippen LogP contribution is 2.22. The monoisotopic (exact) mass is 525 g/mol. The molecular formula is C22H32IN5O2. The zero-order valence-electron chi connectivity index (χ0n) is 17.8. The van der Waals surface area contributed by atoms with Crippen LogP contribution in [0.3, 0.4) is 0 Å². The minimum absolute atomic E-state index is 0. The Balaban J connectivity index is 0.00000320. The van der Waals surface area contributed by atoms with Crippen LogP contribution in [0.5, 0.6) is 17.4 Å². The van der Waals surface area contributed by atoms with E-state index in [2.05, 4.69) is 25.5 Å². The number of nitrogens with zero attached hydrogens (tertiary/aromatic N) is 3. The highest BCUT2D eigenvalue weighted by atomic mass is 127. The fourth-order valence-electron chi connectivity index (χ4n) is 3.26. The molecule has 1 aliphatic heterocycles. The van der Waals surface area contributed by atoms with E-state index in [4.69, 9.17) is 9.47 Å². The van der Waals surface area contributed by atoms with E-state index in [0.29, 0.717) is 12.4 Å². The van der Waals surface area contributed by atoms with Crippen LogP contribution in [0.1, 0.15) is 24.8 Å². The van der Waals surface area contributed by atoms with Crippen LogP contribution in [-0.2, 0) is 6.54 Å². The second-order valence-electron chi connectivity index (χ2n) is 7.04. The van der Waals surface area contributed by atoms with E-state index in [9.17, 15) is 0 Å². The molecule has 0 amide bonds. The van der Waals surface area contributed by atoms with E-state index in [0.717, 1.165) is 36.1 Å². The Bertz CT molecular complexity index is 762. The predicted molar refractivity (Wildman–Crippen MR) is 131 cm³/mol. The van der Waals surface area contributed by atoms with Crippen molar-refractivity contribution in [3.8, 4) is 17.4 Å². The number of piperidine rings is 1. The lowest BCUT2D eigenvalue weighted by Crippen LogP contribution is -2.42. The van der Waals surface area contributed by atoms with E-state index in [1.54, 1.807) is 14.2 Å². The van der Waals surface area contributed by atoms with E-state index < -0.39 is 0 Å².